The molecule has 0 bridgehead atoms. The van der Waals surface area contributed by atoms with Crippen LogP contribution < -0.4 is 9.80 Å². The highest BCUT2D eigenvalue weighted by Crippen LogP contribution is 2.34. The molecule has 1 atom stereocenters. The summed E-state index contributed by atoms with van der Waals surface area (Å²) in [5, 5.41) is 0. The number of aromatic nitrogens is 2. The maximum absolute atomic E-state index is 11.8. The van der Waals surface area contributed by atoms with Gasteiger partial charge in [0.15, 0.2) is 9.84 Å². The number of para-hydroxylation sites is 1. The fourth-order valence-electron chi connectivity index (χ4n) is 3.65. The molecule has 6 nitrogen and oxygen atoms in total. The van der Waals surface area contributed by atoms with E-state index in [1.165, 1.54) is 11.3 Å². The number of nitrogens with zero attached hydrogens (tertiary/aromatic N) is 4. The van der Waals surface area contributed by atoms with Crippen molar-refractivity contribution in [2.75, 3.05) is 34.9 Å². The molecule has 0 amide bonds. The first kappa shape index (κ1) is 16.3. The van der Waals surface area contributed by atoms with E-state index in [0.717, 1.165) is 24.5 Å². The molecule has 1 unspecified atom stereocenters. The number of hydrogen-bond donors (Lipinski definition) is 0. The molecule has 25 heavy (non-hydrogen) atoms. The molecule has 1 aromatic carbocycles. The molecule has 2 aliphatic rings. The fourth-order valence-corrected chi connectivity index (χ4v) is 5.43. The Morgan fingerprint density at radius 3 is 2.80 bits per heavy atom. The van der Waals surface area contributed by atoms with Crippen molar-refractivity contribution in [2.45, 2.75) is 25.8 Å². The maximum Gasteiger partial charge on any atom is 0.227 e. The zero-order valence-corrected chi connectivity index (χ0v) is 15.3. The van der Waals surface area contributed by atoms with Crippen LogP contribution in [-0.4, -0.2) is 49.5 Å². The minimum absolute atomic E-state index is 0.0504. The van der Waals surface area contributed by atoms with Crippen molar-refractivity contribution >= 4 is 27.3 Å². The summed E-state index contributed by atoms with van der Waals surface area (Å²) in [4.78, 5) is 13.4. The van der Waals surface area contributed by atoms with Gasteiger partial charge >= 0.3 is 0 Å². The molecule has 1 aromatic heterocycles. The first-order valence-electron chi connectivity index (χ1n) is 8.57. The zero-order valence-electron chi connectivity index (χ0n) is 14.5. The summed E-state index contributed by atoms with van der Waals surface area (Å²) in [6.45, 7) is 2.85. The molecule has 0 saturated carbocycles. The van der Waals surface area contributed by atoms with Gasteiger partial charge in [0.25, 0.3) is 0 Å². The molecule has 1 saturated heterocycles. The Hall–Kier alpha value is -2.15. The first-order valence-corrected chi connectivity index (χ1v) is 10.4. The lowest BCUT2D eigenvalue weighted by molar-refractivity contribution is 0.600. The molecule has 7 heteroatoms. The summed E-state index contributed by atoms with van der Waals surface area (Å²) < 4.78 is 23.6. The molecule has 0 aliphatic carbocycles. The minimum atomic E-state index is -2.93. The Labute approximate surface area is 148 Å². The number of aryl methyl sites for hydroxylation is 1. The van der Waals surface area contributed by atoms with Crippen LogP contribution in [0, 0.1) is 6.92 Å². The maximum atomic E-state index is 11.8. The highest BCUT2D eigenvalue weighted by molar-refractivity contribution is 7.91. The third kappa shape index (κ3) is 3.08. The second-order valence-corrected chi connectivity index (χ2v) is 9.09. The number of anilines is 3. The van der Waals surface area contributed by atoms with Crippen LogP contribution in [0.15, 0.2) is 30.3 Å². The largest absolute Gasteiger partial charge is 0.340 e. The Kier molecular flexibility index (Phi) is 3.91. The van der Waals surface area contributed by atoms with Crippen molar-refractivity contribution in [3.63, 3.8) is 0 Å². The van der Waals surface area contributed by atoms with Crippen LogP contribution >= 0.6 is 0 Å². The summed E-state index contributed by atoms with van der Waals surface area (Å²) >= 11 is 0. The number of hydrogen-bond acceptors (Lipinski definition) is 6. The smallest absolute Gasteiger partial charge is 0.227 e. The van der Waals surface area contributed by atoms with Crippen LogP contribution in [0.2, 0.25) is 0 Å². The van der Waals surface area contributed by atoms with E-state index in [1.807, 2.05) is 31.0 Å². The molecule has 1 fully saturated rings. The van der Waals surface area contributed by atoms with Crippen molar-refractivity contribution < 1.29 is 8.42 Å². The molecule has 2 aromatic rings. The molecular weight excluding hydrogens is 336 g/mol. The molecule has 132 valence electrons. The van der Waals surface area contributed by atoms with Crippen molar-refractivity contribution in [1.82, 2.24) is 9.97 Å². The lowest BCUT2D eigenvalue weighted by Gasteiger charge is -2.26. The molecule has 3 heterocycles. The van der Waals surface area contributed by atoms with Gasteiger partial charge < -0.3 is 9.80 Å². The number of benzene rings is 1. The van der Waals surface area contributed by atoms with Crippen LogP contribution in [0.5, 0.6) is 0 Å². The van der Waals surface area contributed by atoms with E-state index in [2.05, 4.69) is 28.1 Å². The number of rotatable bonds is 3. The normalized spacial score (nSPS) is 21.4. The molecular formula is C18H22N4O2S. The van der Waals surface area contributed by atoms with Gasteiger partial charge in [-0.15, -0.1) is 0 Å². The Morgan fingerprint density at radius 2 is 2.04 bits per heavy atom. The molecule has 0 N–H and O–H groups in total. The van der Waals surface area contributed by atoms with E-state index in [4.69, 9.17) is 4.98 Å². The molecule has 0 spiro atoms. The predicted octanol–water partition coefficient (Wildman–Crippen LogP) is 2.10. The van der Waals surface area contributed by atoms with Crippen molar-refractivity contribution in [3.05, 3.63) is 41.6 Å². The minimum Gasteiger partial charge on any atom is -0.340 e. The van der Waals surface area contributed by atoms with Crippen molar-refractivity contribution in [1.29, 1.82) is 0 Å². The Bertz CT molecular complexity index is 913. The van der Waals surface area contributed by atoms with E-state index in [0.29, 0.717) is 12.4 Å². The third-order valence-electron chi connectivity index (χ3n) is 5.06. The first-order chi connectivity index (χ1) is 11.9. The van der Waals surface area contributed by atoms with Gasteiger partial charge in [0.2, 0.25) is 5.95 Å². The quantitative estimate of drug-likeness (QED) is 0.837. The topological polar surface area (TPSA) is 66.4 Å². The number of fused-ring (bicyclic) bond motifs is 1. The average molecular weight is 358 g/mol. The van der Waals surface area contributed by atoms with Gasteiger partial charge in [-0.05, 0) is 31.4 Å². The Morgan fingerprint density at radius 1 is 1.24 bits per heavy atom. The van der Waals surface area contributed by atoms with E-state index in [-0.39, 0.29) is 17.5 Å². The monoisotopic (exact) mass is 358 g/mol. The van der Waals surface area contributed by atoms with Crippen LogP contribution in [0.4, 0.5) is 17.5 Å². The van der Waals surface area contributed by atoms with Gasteiger partial charge in [0.05, 0.1) is 11.5 Å². The van der Waals surface area contributed by atoms with Gasteiger partial charge in [0.1, 0.15) is 5.82 Å². The molecule has 4 rings (SSSR count). The van der Waals surface area contributed by atoms with E-state index in [1.54, 1.807) is 0 Å². The molecule has 2 aliphatic heterocycles. The van der Waals surface area contributed by atoms with E-state index < -0.39 is 9.84 Å². The summed E-state index contributed by atoms with van der Waals surface area (Å²) in [6, 6.07) is 10.3. The zero-order chi connectivity index (χ0) is 17.6. The number of sulfone groups is 1. The van der Waals surface area contributed by atoms with Crippen LogP contribution in [0.3, 0.4) is 0 Å². The van der Waals surface area contributed by atoms with Crippen LogP contribution in [0.1, 0.15) is 17.7 Å². The summed E-state index contributed by atoms with van der Waals surface area (Å²) in [7, 11) is -1.04. The summed E-state index contributed by atoms with van der Waals surface area (Å²) in [6.07, 6.45) is 1.64. The van der Waals surface area contributed by atoms with E-state index in [9.17, 15) is 8.42 Å². The summed E-state index contributed by atoms with van der Waals surface area (Å²) in [5.74, 6) is 1.91. The van der Waals surface area contributed by atoms with Gasteiger partial charge in [-0.1, -0.05) is 18.2 Å². The van der Waals surface area contributed by atoms with E-state index >= 15 is 0 Å². The van der Waals surface area contributed by atoms with Gasteiger partial charge in [-0.3, -0.25) is 0 Å². The third-order valence-corrected chi connectivity index (χ3v) is 6.81. The fraction of sp³-hybridized carbons (Fsp3) is 0.444. The van der Waals surface area contributed by atoms with Crippen molar-refractivity contribution in [2.24, 2.45) is 0 Å². The van der Waals surface area contributed by atoms with Crippen LogP contribution in [-0.2, 0) is 16.3 Å². The Balaban J connectivity index is 1.66. The highest BCUT2D eigenvalue weighted by Gasteiger charge is 2.32. The van der Waals surface area contributed by atoms with Gasteiger partial charge in [-0.2, -0.15) is 4.98 Å². The lowest BCUT2D eigenvalue weighted by Crippen LogP contribution is -2.34. The van der Waals surface area contributed by atoms with Crippen molar-refractivity contribution in [3.8, 4) is 0 Å². The molecule has 0 radical (unpaired) electrons. The second-order valence-electron chi connectivity index (χ2n) is 6.87. The highest BCUT2D eigenvalue weighted by atomic mass is 32.2. The summed E-state index contributed by atoms with van der Waals surface area (Å²) in [5.41, 5.74) is 3.41. The second kappa shape index (κ2) is 5.98. The van der Waals surface area contributed by atoms with Gasteiger partial charge in [-0.25, -0.2) is 13.4 Å². The van der Waals surface area contributed by atoms with Gasteiger partial charge in [0, 0.05) is 37.1 Å². The lowest BCUT2D eigenvalue weighted by atomic mass is 10.2. The SMILES string of the molecule is Cc1cc(N2CCc3ccccc32)nc(N(C)C2CCS(=O)(=O)C2)n1. The standard InChI is InChI=1S/C18H22N4O2S/c1-13-11-17(22-9-7-14-5-3-4-6-16(14)22)20-18(19-13)21(2)15-8-10-25(23,24)12-15/h3-6,11,15H,7-10,12H2,1-2H3. The van der Waals surface area contributed by atoms with Crippen LogP contribution in [0.25, 0.3) is 0 Å². The predicted molar refractivity (Wildman–Crippen MR) is 99.4 cm³/mol. The average Bonchev–Trinajstić information content (AvgIpc) is 3.16.